The van der Waals surface area contributed by atoms with Crippen molar-refractivity contribution in [3.63, 3.8) is 0 Å². The zero-order valence-corrected chi connectivity index (χ0v) is 12.5. The summed E-state index contributed by atoms with van der Waals surface area (Å²) in [5.74, 6) is 7.27. The second kappa shape index (κ2) is 5.93. The fraction of sp³-hybridized carbons (Fsp3) is 0.250. The van der Waals surface area contributed by atoms with Gasteiger partial charge < -0.3 is 9.47 Å². The number of rotatable bonds is 3. The Hall–Kier alpha value is -1.75. The molecule has 1 aliphatic rings. The van der Waals surface area contributed by atoms with Crippen LogP contribution in [0.4, 0.5) is 0 Å². The lowest BCUT2D eigenvalue weighted by molar-refractivity contribution is 0.171. The van der Waals surface area contributed by atoms with E-state index in [-0.39, 0.29) is 6.04 Å². The maximum absolute atomic E-state index is 6.08. The van der Waals surface area contributed by atoms with Crippen molar-refractivity contribution in [2.45, 2.75) is 13.0 Å². The largest absolute Gasteiger partial charge is 0.486 e. The standard InChI is InChI=1S/C16H17ClN2O2/c1-10-8-11(2-4-13(10)17)16(19-18)12-3-5-14-15(9-12)21-7-6-20-14/h2-5,8-9,16,19H,6-7,18H2,1H3. The predicted molar refractivity (Wildman–Crippen MR) is 82.8 cm³/mol. The molecule has 3 N–H and O–H groups in total. The molecular formula is C16H17ClN2O2. The monoisotopic (exact) mass is 304 g/mol. The number of fused-ring (bicyclic) bond motifs is 1. The van der Waals surface area contributed by atoms with Crippen LogP contribution in [0.5, 0.6) is 11.5 Å². The SMILES string of the molecule is Cc1cc(C(NN)c2ccc3c(c2)OCCO3)ccc1Cl. The van der Waals surface area contributed by atoms with E-state index in [0.717, 1.165) is 33.2 Å². The summed E-state index contributed by atoms with van der Waals surface area (Å²) in [5, 5.41) is 0.747. The summed E-state index contributed by atoms with van der Waals surface area (Å²) < 4.78 is 11.2. The Morgan fingerprint density at radius 1 is 1.05 bits per heavy atom. The number of aryl methyl sites for hydroxylation is 1. The maximum Gasteiger partial charge on any atom is 0.161 e. The van der Waals surface area contributed by atoms with Gasteiger partial charge in [0.2, 0.25) is 0 Å². The Bertz CT molecular complexity index is 661. The van der Waals surface area contributed by atoms with E-state index in [2.05, 4.69) is 5.43 Å². The van der Waals surface area contributed by atoms with Crippen molar-refractivity contribution >= 4 is 11.6 Å². The molecule has 0 bridgehead atoms. The molecule has 0 spiro atoms. The summed E-state index contributed by atoms with van der Waals surface area (Å²) in [6.07, 6.45) is 0. The van der Waals surface area contributed by atoms with E-state index in [1.165, 1.54) is 0 Å². The van der Waals surface area contributed by atoms with Crippen LogP contribution in [0.2, 0.25) is 5.02 Å². The summed E-state index contributed by atoms with van der Waals surface area (Å²) in [5.41, 5.74) is 5.94. The fourth-order valence-electron chi connectivity index (χ4n) is 2.47. The first-order chi connectivity index (χ1) is 10.2. The highest BCUT2D eigenvalue weighted by molar-refractivity contribution is 6.31. The molecule has 0 aromatic heterocycles. The van der Waals surface area contributed by atoms with E-state index in [0.29, 0.717) is 13.2 Å². The molecular weight excluding hydrogens is 288 g/mol. The number of hydrazine groups is 1. The van der Waals surface area contributed by atoms with Crippen molar-refractivity contribution in [1.29, 1.82) is 0 Å². The van der Waals surface area contributed by atoms with Crippen LogP contribution in [0.25, 0.3) is 0 Å². The molecule has 0 saturated heterocycles. The van der Waals surface area contributed by atoms with Gasteiger partial charge in [-0.15, -0.1) is 0 Å². The van der Waals surface area contributed by atoms with Gasteiger partial charge in [-0.05, 0) is 41.8 Å². The van der Waals surface area contributed by atoms with E-state index in [1.54, 1.807) is 0 Å². The smallest absolute Gasteiger partial charge is 0.161 e. The van der Waals surface area contributed by atoms with Crippen LogP contribution in [-0.2, 0) is 0 Å². The number of hydrogen-bond acceptors (Lipinski definition) is 4. The first kappa shape index (κ1) is 14.2. The van der Waals surface area contributed by atoms with E-state index in [4.69, 9.17) is 26.9 Å². The Kier molecular flexibility index (Phi) is 4.01. The number of halogens is 1. The van der Waals surface area contributed by atoms with E-state index in [9.17, 15) is 0 Å². The molecule has 21 heavy (non-hydrogen) atoms. The molecule has 0 radical (unpaired) electrons. The summed E-state index contributed by atoms with van der Waals surface area (Å²) in [7, 11) is 0. The van der Waals surface area contributed by atoms with Crippen LogP contribution in [0.3, 0.4) is 0 Å². The molecule has 1 unspecified atom stereocenters. The van der Waals surface area contributed by atoms with Gasteiger partial charge in [0.1, 0.15) is 13.2 Å². The number of nitrogens with two attached hydrogens (primary N) is 1. The molecule has 2 aromatic rings. The molecule has 5 heteroatoms. The number of ether oxygens (including phenoxy) is 2. The van der Waals surface area contributed by atoms with Crippen LogP contribution in [0.1, 0.15) is 22.7 Å². The van der Waals surface area contributed by atoms with Crippen molar-refractivity contribution in [3.05, 3.63) is 58.1 Å². The number of nitrogens with one attached hydrogen (secondary N) is 1. The molecule has 2 aromatic carbocycles. The summed E-state index contributed by atoms with van der Waals surface area (Å²) in [6.45, 7) is 3.13. The maximum atomic E-state index is 6.08. The average Bonchev–Trinajstić information content (AvgIpc) is 2.51. The van der Waals surface area contributed by atoms with Crippen LogP contribution < -0.4 is 20.7 Å². The van der Waals surface area contributed by atoms with Gasteiger partial charge in [0.05, 0.1) is 6.04 Å². The van der Waals surface area contributed by atoms with Gasteiger partial charge in [-0.25, -0.2) is 5.43 Å². The van der Waals surface area contributed by atoms with Gasteiger partial charge in [-0.1, -0.05) is 29.8 Å². The van der Waals surface area contributed by atoms with Crippen LogP contribution in [0.15, 0.2) is 36.4 Å². The first-order valence-electron chi connectivity index (χ1n) is 6.81. The molecule has 110 valence electrons. The van der Waals surface area contributed by atoms with E-state index < -0.39 is 0 Å². The third-order valence-electron chi connectivity index (χ3n) is 3.58. The highest BCUT2D eigenvalue weighted by Gasteiger charge is 2.18. The van der Waals surface area contributed by atoms with Gasteiger partial charge in [0.25, 0.3) is 0 Å². The minimum absolute atomic E-state index is 0.128. The molecule has 0 fully saturated rings. The quantitative estimate of drug-likeness (QED) is 0.676. The minimum Gasteiger partial charge on any atom is -0.486 e. The second-order valence-electron chi connectivity index (χ2n) is 5.01. The highest BCUT2D eigenvalue weighted by Crippen LogP contribution is 2.34. The highest BCUT2D eigenvalue weighted by atomic mass is 35.5. The van der Waals surface area contributed by atoms with Crippen molar-refractivity contribution in [2.75, 3.05) is 13.2 Å². The molecule has 4 nitrogen and oxygen atoms in total. The van der Waals surface area contributed by atoms with Crippen molar-refractivity contribution in [2.24, 2.45) is 5.84 Å². The first-order valence-corrected chi connectivity index (χ1v) is 7.18. The molecule has 0 amide bonds. The van der Waals surface area contributed by atoms with Gasteiger partial charge in [-0.2, -0.15) is 0 Å². The average molecular weight is 305 g/mol. The van der Waals surface area contributed by atoms with Gasteiger partial charge in [0.15, 0.2) is 11.5 Å². The zero-order chi connectivity index (χ0) is 14.8. The molecule has 0 aliphatic carbocycles. The van der Waals surface area contributed by atoms with Crippen molar-refractivity contribution in [3.8, 4) is 11.5 Å². The van der Waals surface area contributed by atoms with Gasteiger partial charge in [0, 0.05) is 5.02 Å². The lowest BCUT2D eigenvalue weighted by atomic mass is 9.97. The molecule has 3 rings (SSSR count). The van der Waals surface area contributed by atoms with Crippen molar-refractivity contribution < 1.29 is 9.47 Å². The summed E-state index contributed by atoms with van der Waals surface area (Å²) in [4.78, 5) is 0. The van der Waals surface area contributed by atoms with E-state index in [1.807, 2.05) is 43.3 Å². The van der Waals surface area contributed by atoms with Crippen LogP contribution in [0, 0.1) is 6.92 Å². The Labute approximate surface area is 128 Å². The zero-order valence-electron chi connectivity index (χ0n) is 11.7. The second-order valence-corrected chi connectivity index (χ2v) is 5.42. The lowest BCUT2D eigenvalue weighted by Gasteiger charge is -2.22. The predicted octanol–water partition coefficient (Wildman–Crippen LogP) is 2.97. The topological polar surface area (TPSA) is 56.5 Å². The number of hydrogen-bond donors (Lipinski definition) is 2. The van der Waals surface area contributed by atoms with Gasteiger partial charge >= 0.3 is 0 Å². The Morgan fingerprint density at radius 2 is 1.71 bits per heavy atom. The Morgan fingerprint density at radius 3 is 2.43 bits per heavy atom. The molecule has 0 saturated carbocycles. The molecule has 1 heterocycles. The lowest BCUT2D eigenvalue weighted by Crippen LogP contribution is -2.29. The fourth-order valence-corrected chi connectivity index (χ4v) is 2.59. The van der Waals surface area contributed by atoms with Gasteiger partial charge in [-0.3, -0.25) is 5.84 Å². The third-order valence-corrected chi connectivity index (χ3v) is 4.01. The van der Waals surface area contributed by atoms with Crippen molar-refractivity contribution in [1.82, 2.24) is 5.43 Å². The minimum atomic E-state index is -0.128. The summed E-state index contributed by atoms with van der Waals surface area (Å²) >= 11 is 6.08. The van der Waals surface area contributed by atoms with Crippen LogP contribution in [-0.4, -0.2) is 13.2 Å². The van der Waals surface area contributed by atoms with Crippen LogP contribution >= 0.6 is 11.6 Å². The molecule has 1 atom stereocenters. The third kappa shape index (κ3) is 2.83. The number of benzene rings is 2. The van der Waals surface area contributed by atoms with E-state index >= 15 is 0 Å². The summed E-state index contributed by atoms with van der Waals surface area (Å²) in [6, 6.07) is 11.6. The molecule has 1 aliphatic heterocycles. The Balaban J connectivity index is 1.97. The normalized spacial score (nSPS) is 14.8.